The summed E-state index contributed by atoms with van der Waals surface area (Å²) < 4.78 is 1.71. The molecule has 3 heterocycles. The highest BCUT2D eigenvalue weighted by Crippen LogP contribution is 2.28. The van der Waals surface area contributed by atoms with Crippen molar-refractivity contribution >= 4 is 27.9 Å². The second kappa shape index (κ2) is 9.40. The molecule has 0 fully saturated rings. The number of fused-ring (bicyclic) bond motifs is 2. The highest BCUT2D eigenvalue weighted by atomic mass is 16.1. The predicted molar refractivity (Wildman–Crippen MR) is 133 cm³/mol. The van der Waals surface area contributed by atoms with Crippen LogP contribution in [0.1, 0.15) is 36.7 Å². The van der Waals surface area contributed by atoms with Crippen LogP contribution in [0, 0.1) is 6.92 Å². The number of hydrogen-bond donors (Lipinski definition) is 3. The summed E-state index contributed by atoms with van der Waals surface area (Å²) in [4.78, 5) is 34.9. The minimum Gasteiger partial charge on any atom is -0.358 e. The number of nitrogens with one attached hydrogen (secondary N) is 2. The zero-order chi connectivity index (χ0) is 23.5. The van der Waals surface area contributed by atoms with E-state index in [1.807, 2.05) is 55.5 Å². The van der Waals surface area contributed by atoms with Gasteiger partial charge in [-0.3, -0.25) is 9.36 Å². The molecule has 0 saturated heterocycles. The van der Waals surface area contributed by atoms with Gasteiger partial charge in [-0.2, -0.15) is 0 Å². The smallest absolute Gasteiger partial charge is 0.266 e. The van der Waals surface area contributed by atoms with Crippen LogP contribution in [-0.2, 0) is 0 Å². The first-order valence-corrected chi connectivity index (χ1v) is 11.4. The molecular weight excluding hydrogens is 428 g/mol. The minimum absolute atomic E-state index is 0.0949. The molecule has 5 aromatic rings. The number of aromatic amines is 1. The normalized spacial score (nSPS) is 12.3. The third-order valence-electron chi connectivity index (χ3n) is 5.93. The van der Waals surface area contributed by atoms with E-state index in [-0.39, 0.29) is 11.6 Å². The number of unbranched alkanes of at least 4 members (excludes halogenated alkanes) is 1. The monoisotopic (exact) mass is 454 g/mol. The maximum absolute atomic E-state index is 13.9. The van der Waals surface area contributed by atoms with Gasteiger partial charge in [-0.15, -0.1) is 0 Å². The number of anilines is 1. The summed E-state index contributed by atoms with van der Waals surface area (Å²) in [6.07, 6.45) is 5.51. The Morgan fingerprint density at radius 1 is 1.06 bits per heavy atom. The first-order valence-electron chi connectivity index (χ1n) is 11.4. The van der Waals surface area contributed by atoms with Gasteiger partial charge < -0.3 is 16.0 Å². The van der Waals surface area contributed by atoms with Crippen molar-refractivity contribution in [2.45, 2.75) is 32.2 Å². The van der Waals surface area contributed by atoms with Crippen LogP contribution >= 0.6 is 0 Å². The first kappa shape index (κ1) is 21.7. The molecule has 0 spiro atoms. The van der Waals surface area contributed by atoms with E-state index < -0.39 is 0 Å². The maximum atomic E-state index is 13.9. The Labute approximate surface area is 196 Å². The van der Waals surface area contributed by atoms with E-state index in [0.29, 0.717) is 46.7 Å². The molecular formula is C25H26N8O. The molecule has 0 aliphatic heterocycles. The van der Waals surface area contributed by atoms with Gasteiger partial charge in [0.2, 0.25) is 0 Å². The van der Waals surface area contributed by atoms with Gasteiger partial charge in [-0.1, -0.05) is 30.3 Å². The van der Waals surface area contributed by atoms with E-state index in [1.165, 1.54) is 6.33 Å². The summed E-state index contributed by atoms with van der Waals surface area (Å²) in [6.45, 7) is 2.53. The number of aromatic nitrogens is 6. The highest BCUT2D eigenvalue weighted by Gasteiger charge is 2.23. The maximum Gasteiger partial charge on any atom is 0.266 e. The standard InChI is InChI=1S/C25H26N8O/c1-16-8-7-12-18-20(16)25(34)33(17-9-3-2-4-10-17)24(32-18)19(11-5-6-13-26)31-23-21-22(28-14-27-21)29-15-30-23/h2-4,7-10,12,14-15,19H,5-6,11,13,26H2,1H3,(H2,27,28,29,30,31). The molecule has 172 valence electrons. The summed E-state index contributed by atoms with van der Waals surface area (Å²) in [5.41, 5.74) is 9.29. The van der Waals surface area contributed by atoms with Crippen LogP contribution in [0.25, 0.3) is 27.8 Å². The Balaban J connectivity index is 1.72. The Hall–Kier alpha value is -4.11. The minimum atomic E-state index is -0.306. The van der Waals surface area contributed by atoms with Crippen molar-refractivity contribution in [1.82, 2.24) is 29.5 Å². The van der Waals surface area contributed by atoms with Crippen LogP contribution < -0.4 is 16.6 Å². The second-order valence-corrected chi connectivity index (χ2v) is 8.22. The fourth-order valence-corrected chi connectivity index (χ4v) is 4.27. The summed E-state index contributed by atoms with van der Waals surface area (Å²) in [6, 6.07) is 15.1. The Kier molecular flexibility index (Phi) is 6.01. The molecule has 1 unspecified atom stereocenters. The number of imidazole rings is 1. The van der Waals surface area contributed by atoms with Crippen LogP contribution in [0.15, 0.2) is 66.0 Å². The molecule has 5 rings (SSSR count). The molecule has 4 N–H and O–H groups in total. The fraction of sp³-hybridized carbons (Fsp3) is 0.240. The molecule has 0 bridgehead atoms. The van der Waals surface area contributed by atoms with Crippen molar-refractivity contribution < 1.29 is 0 Å². The van der Waals surface area contributed by atoms with Gasteiger partial charge >= 0.3 is 0 Å². The first-order chi connectivity index (χ1) is 16.7. The summed E-state index contributed by atoms with van der Waals surface area (Å²) >= 11 is 0. The summed E-state index contributed by atoms with van der Waals surface area (Å²) in [5.74, 6) is 1.20. The number of hydrogen-bond acceptors (Lipinski definition) is 7. The van der Waals surface area contributed by atoms with Gasteiger partial charge in [0, 0.05) is 0 Å². The number of H-pyrrole nitrogens is 1. The summed E-state index contributed by atoms with van der Waals surface area (Å²) in [5, 5.41) is 4.12. The van der Waals surface area contributed by atoms with E-state index in [2.05, 4.69) is 25.3 Å². The number of nitrogens with zero attached hydrogens (tertiary/aromatic N) is 5. The zero-order valence-electron chi connectivity index (χ0n) is 18.9. The topological polar surface area (TPSA) is 127 Å². The molecule has 1 atom stereocenters. The third-order valence-corrected chi connectivity index (χ3v) is 5.93. The van der Waals surface area contributed by atoms with Crippen molar-refractivity contribution in [2.24, 2.45) is 5.73 Å². The SMILES string of the molecule is Cc1cccc2nc(C(CCCCN)Nc3ncnc4[nH]cnc34)n(-c3ccccc3)c(=O)c12. The van der Waals surface area contributed by atoms with Crippen molar-refractivity contribution in [3.8, 4) is 5.69 Å². The van der Waals surface area contributed by atoms with Crippen LogP contribution in [0.4, 0.5) is 5.82 Å². The van der Waals surface area contributed by atoms with Crippen molar-refractivity contribution in [1.29, 1.82) is 0 Å². The van der Waals surface area contributed by atoms with Gasteiger partial charge in [0.25, 0.3) is 5.56 Å². The van der Waals surface area contributed by atoms with Gasteiger partial charge in [-0.25, -0.2) is 19.9 Å². The van der Waals surface area contributed by atoms with E-state index >= 15 is 0 Å². The van der Waals surface area contributed by atoms with Crippen LogP contribution in [-0.4, -0.2) is 36.0 Å². The molecule has 3 aromatic heterocycles. The number of nitrogens with two attached hydrogens (primary N) is 1. The Morgan fingerprint density at radius 2 is 1.91 bits per heavy atom. The second-order valence-electron chi connectivity index (χ2n) is 8.22. The average Bonchev–Trinajstić information content (AvgIpc) is 3.34. The predicted octanol–water partition coefficient (Wildman–Crippen LogP) is 3.64. The molecule has 0 saturated carbocycles. The average molecular weight is 455 g/mol. The number of aryl methyl sites for hydroxylation is 1. The number of para-hydroxylation sites is 1. The van der Waals surface area contributed by atoms with Gasteiger partial charge in [0.1, 0.15) is 17.7 Å². The molecule has 0 aliphatic rings. The van der Waals surface area contributed by atoms with Crippen LogP contribution in [0.3, 0.4) is 0 Å². The van der Waals surface area contributed by atoms with Gasteiger partial charge in [0.05, 0.1) is 29.0 Å². The quantitative estimate of drug-likeness (QED) is 0.305. The lowest BCUT2D eigenvalue weighted by Gasteiger charge is -2.23. The molecule has 0 radical (unpaired) electrons. The Bertz CT molecular complexity index is 1490. The van der Waals surface area contributed by atoms with Gasteiger partial charge in [-0.05, 0) is 56.5 Å². The lowest BCUT2D eigenvalue weighted by atomic mass is 10.1. The Morgan fingerprint density at radius 3 is 2.74 bits per heavy atom. The van der Waals surface area contributed by atoms with E-state index in [4.69, 9.17) is 10.7 Å². The van der Waals surface area contributed by atoms with Crippen molar-refractivity contribution in [2.75, 3.05) is 11.9 Å². The molecule has 9 nitrogen and oxygen atoms in total. The molecule has 0 amide bonds. The summed E-state index contributed by atoms with van der Waals surface area (Å²) in [7, 11) is 0. The van der Waals surface area contributed by atoms with Crippen LogP contribution in [0.2, 0.25) is 0 Å². The molecule has 0 aliphatic carbocycles. The van der Waals surface area contributed by atoms with E-state index in [1.54, 1.807) is 10.9 Å². The fourth-order valence-electron chi connectivity index (χ4n) is 4.27. The van der Waals surface area contributed by atoms with Crippen LogP contribution in [0.5, 0.6) is 0 Å². The van der Waals surface area contributed by atoms with Gasteiger partial charge in [0.15, 0.2) is 11.5 Å². The van der Waals surface area contributed by atoms with Crippen molar-refractivity contribution in [3.63, 3.8) is 0 Å². The van der Waals surface area contributed by atoms with E-state index in [9.17, 15) is 4.79 Å². The lowest BCUT2D eigenvalue weighted by molar-refractivity contribution is 0.579. The number of rotatable bonds is 8. The highest BCUT2D eigenvalue weighted by molar-refractivity contribution is 5.83. The third kappa shape index (κ3) is 4.01. The largest absolute Gasteiger partial charge is 0.358 e. The zero-order valence-corrected chi connectivity index (χ0v) is 18.9. The molecule has 34 heavy (non-hydrogen) atoms. The van der Waals surface area contributed by atoms with Crippen molar-refractivity contribution in [3.05, 3.63) is 82.9 Å². The number of benzene rings is 2. The lowest BCUT2D eigenvalue weighted by Crippen LogP contribution is -2.29. The molecule has 9 heteroatoms. The molecule has 2 aromatic carbocycles. The van der Waals surface area contributed by atoms with E-state index in [0.717, 1.165) is 24.1 Å².